The second-order valence-corrected chi connectivity index (χ2v) is 13.0. The largest absolute Gasteiger partial charge is 0.376 e. The van der Waals surface area contributed by atoms with Crippen LogP contribution in [0.3, 0.4) is 0 Å². The zero-order valence-corrected chi connectivity index (χ0v) is 23.3. The van der Waals surface area contributed by atoms with Crippen LogP contribution >= 0.6 is 0 Å². The molecule has 0 amide bonds. The van der Waals surface area contributed by atoms with Gasteiger partial charge < -0.3 is 8.37 Å². The minimum Gasteiger partial charge on any atom is -0.376 e. The molecule has 6 nitrogen and oxygen atoms in total. The van der Waals surface area contributed by atoms with E-state index in [9.17, 15) is 16.8 Å². The fourth-order valence-electron chi connectivity index (χ4n) is 5.11. The first kappa shape index (κ1) is 28.6. The lowest BCUT2D eigenvalue weighted by molar-refractivity contribution is 0.431. The summed E-state index contributed by atoms with van der Waals surface area (Å²) in [5.41, 5.74) is 0.104. The standard InChI is InChI=1S/C29H22F4O6S2/c1-3-40(34,35)38-27-23(30)13-17(14-24(27)31)29(18-15-25(32)28(26(33)16-18)39-41(36,37)4-2)21-11-7-5-9-19(21)20-10-6-8-12-22(20)29/h5-16H,3-4H2,1-2H3. The molecule has 5 rings (SSSR count). The van der Waals surface area contributed by atoms with Gasteiger partial charge in [-0.2, -0.15) is 16.8 Å². The number of hydrogen-bond donors (Lipinski definition) is 0. The molecule has 4 aromatic carbocycles. The van der Waals surface area contributed by atoms with Crippen LogP contribution < -0.4 is 8.37 Å². The maximum Gasteiger partial charge on any atom is 0.309 e. The van der Waals surface area contributed by atoms with E-state index in [0.717, 1.165) is 24.3 Å². The smallest absolute Gasteiger partial charge is 0.309 e. The molecule has 0 atom stereocenters. The Labute approximate surface area is 234 Å². The van der Waals surface area contributed by atoms with Crippen molar-refractivity contribution < 1.29 is 42.8 Å². The second-order valence-electron chi connectivity index (χ2n) is 9.24. The van der Waals surface area contributed by atoms with Gasteiger partial charge in [-0.1, -0.05) is 48.5 Å². The van der Waals surface area contributed by atoms with Gasteiger partial charge in [0.1, 0.15) is 0 Å². The number of halogens is 4. The third-order valence-electron chi connectivity index (χ3n) is 6.94. The van der Waals surface area contributed by atoms with Crippen molar-refractivity contribution in [1.82, 2.24) is 0 Å². The first-order chi connectivity index (χ1) is 19.3. The van der Waals surface area contributed by atoms with Crippen molar-refractivity contribution in [2.24, 2.45) is 0 Å². The van der Waals surface area contributed by atoms with Gasteiger partial charge >= 0.3 is 20.2 Å². The lowest BCUT2D eigenvalue weighted by Gasteiger charge is -2.34. The average Bonchev–Trinajstić information content (AvgIpc) is 3.24. The molecule has 1 aliphatic rings. The van der Waals surface area contributed by atoms with Gasteiger partial charge in [-0.3, -0.25) is 0 Å². The third kappa shape index (κ3) is 4.74. The van der Waals surface area contributed by atoms with Gasteiger partial charge in [-0.05, 0) is 71.5 Å². The van der Waals surface area contributed by atoms with Gasteiger partial charge in [0, 0.05) is 0 Å². The van der Waals surface area contributed by atoms with Crippen molar-refractivity contribution >= 4 is 20.2 Å². The predicted molar refractivity (Wildman–Crippen MR) is 144 cm³/mol. The van der Waals surface area contributed by atoms with E-state index in [4.69, 9.17) is 0 Å². The molecule has 0 aromatic heterocycles. The lowest BCUT2D eigenvalue weighted by Crippen LogP contribution is -2.30. The van der Waals surface area contributed by atoms with E-state index in [0.29, 0.717) is 22.3 Å². The van der Waals surface area contributed by atoms with E-state index < -0.39 is 71.9 Å². The first-order valence-corrected chi connectivity index (χ1v) is 15.5. The van der Waals surface area contributed by atoms with Crippen LogP contribution in [0, 0.1) is 23.3 Å². The Kier molecular flexibility index (Phi) is 7.11. The third-order valence-corrected chi connectivity index (χ3v) is 9.20. The van der Waals surface area contributed by atoms with Crippen molar-refractivity contribution in [3.63, 3.8) is 0 Å². The van der Waals surface area contributed by atoms with E-state index in [1.807, 2.05) is 0 Å². The topological polar surface area (TPSA) is 86.7 Å². The molecule has 0 bridgehead atoms. The minimum absolute atomic E-state index is 0.125. The summed E-state index contributed by atoms with van der Waals surface area (Å²) < 4.78 is 119. The van der Waals surface area contributed by atoms with Crippen LogP contribution in [0.2, 0.25) is 0 Å². The highest BCUT2D eigenvalue weighted by molar-refractivity contribution is 7.87. The summed E-state index contributed by atoms with van der Waals surface area (Å²) in [5.74, 6) is -8.78. The van der Waals surface area contributed by atoms with Gasteiger partial charge in [0.15, 0.2) is 23.3 Å². The van der Waals surface area contributed by atoms with Crippen LogP contribution in [-0.2, 0) is 25.7 Å². The molecule has 0 unspecified atom stereocenters. The van der Waals surface area contributed by atoms with E-state index in [2.05, 4.69) is 8.37 Å². The Bertz CT molecular complexity index is 1720. The SMILES string of the molecule is CCS(=O)(=O)Oc1c(F)cc(C2(c3cc(F)c(OS(=O)(=O)CC)c(F)c3)c3ccccc3-c3ccccc32)cc1F. The van der Waals surface area contributed by atoms with E-state index in [-0.39, 0.29) is 11.1 Å². The normalized spacial score (nSPS) is 13.9. The maximum atomic E-state index is 15.5. The van der Waals surface area contributed by atoms with Crippen molar-refractivity contribution in [3.05, 3.63) is 118 Å². The summed E-state index contributed by atoms with van der Waals surface area (Å²) >= 11 is 0. The fraction of sp³-hybridized carbons (Fsp3) is 0.172. The zero-order chi connectivity index (χ0) is 29.7. The van der Waals surface area contributed by atoms with Crippen LogP contribution in [0.25, 0.3) is 11.1 Å². The van der Waals surface area contributed by atoms with Gasteiger partial charge in [0.05, 0.1) is 16.9 Å². The van der Waals surface area contributed by atoms with E-state index >= 15 is 17.6 Å². The quantitative estimate of drug-likeness (QED) is 0.158. The van der Waals surface area contributed by atoms with Crippen LogP contribution in [0.1, 0.15) is 36.1 Å². The number of hydrogen-bond acceptors (Lipinski definition) is 6. The fourth-order valence-corrected chi connectivity index (χ4v) is 6.17. The molecule has 0 saturated heterocycles. The van der Waals surface area contributed by atoms with Crippen molar-refractivity contribution in [2.75, 3.05) is 11.5 Å². The summed E-state index contributed by atoms with van der Waals surface area (Å²) in [5, 5.41) is 0. The van der Waals surface area contributed by atoms with Gasteiger partial charge in [-0.15, -0.1) is 0 Å². The molecule has 0 heterocycles. The number of benzene rings is 4. The Balaban J connectivity index is 1.85. The molecule has 0 N–H and O–H groups in total. The molecular formula is C29H22F4O6S2. The van der Waals surface area contributed by atoms with Crippen LogP contribution in [0.4, 0.5) is 17.6 Å². The van der Waals surface area contributed by atoms with Crippen LogP contribution in [-0.4, -0.2) is 28.3 Å². The van der Waals surface area contributed by atoms with Crippen LogP contribution in [0.5, 0.6) is 11.5 Å². The molecule has 1 aliphatic carbocycles. The second kappa shape index (κ2) is 10.2. The summed E-state index contributed by atoms with van der Waals surface area (Å²) in [6, 6.07) is 16.9. The predicted octanol–water partition coefficient (Wildman–Crippen LogP) is 6.06. The summed E-state index contributed by atoms with van der Waals surface area (Å²) in [7, 11) is -8.58. The Morgan fingerprint density at radius 1 is 0.585 bits per heavy atom. The Hall–Kier alpha value is -3.90. The first-order valence-electron chi connectivity index (χ1n) is 12.4. The number of rotatable bonds is 8. The van der Waals surface area contributed by atoms with Crippen molar-refractivity contribution in [1.29, 1.82) is 0 Å². The molecule has 12 heteroatoms. The zero-order valence-electron chi connectivity index (χ0n) is 21.6. The van der Waals surface area contributed by atoms with Crippen LogP contribution in [0.15, 0.2) is 72.8 Å². The molecule has 41 heavy (non-hydrogen) atoms. The molecule has 0 fully saturated rings. The molecule has 0 aliphatic heterocycles. The molecule has 4 aromatic rings. The molecular weight excluding hydrogens is 584 g/mol. The highest BCUT2D eigenvalue weighted by atomic mass is 32.2. The van der Waals surface area contributed by atoms with Crippen molar-refractivity contribution in [2.45, 2.75) is 19.3 Å². The van der Waals surface area contributed by atoms with Gasteiger partial charge in [-0.25, -0.2) is 17.6 Å². The van der Waals surface area contributed by atoms with E-state index in [1.165, 1.54) is 13.8 Å². The molecule has 0 spiro atoms. The Morgan fingerprint density at radius 2 is 0.902 bits per heavy atom. The van der Waals surface area contributed by atoms with Gasteiger partial charge in [0.25, 0.3) is 0 Å². The summed E-state index contributed by atoms with van der Waals surface area (Å²) in [4.78, 5) is 0. The maximum absolute atomic E-state index is 15.5. The highest BCUT2D eigenvalue weighted by Gasteiger charge is 2.47. The van der Waals surface area contributed by atoms with Gasteiger partial charge in [0.2, 0.25) is 11.5 Å². The monoisotopic (exact) mass is 606 g/mol. The summed E-state index contributed by atoms with van der Waals surface area (Å²) in [6.07, 6.45) is 0. The minimum atomic E-state index is -4.29. The lowest BCUT2D eigenvalue weighted by atomic mass is 9.67. The van der Waals surface area contributed by atoms with E-state index in [1.54, 1.807) is 48.5 Å². The summed E-state index contributed by atoms with van der Waals surface area (Å²) in [6.45, 7) is 2.48. The Morgan fingerprint density at radius 3 is 1.22 bits per heavy atom. The highest BCUT2D eigenvalue weighted by Crippen LogP contribution is 2.57. The number of fused-ring (bicyclic) bond motifs is 3. The average molecular weight is 607 g/mol. The van der Waals surface area contributed by atoms with Crippen molar-refractivity contribution in [3.8, 4) is 22.6 Å². The molecule has 0 radical (unpaired) electrons. The molecule has 214 valence electrons. The molecule has 0 saturated carbocycles.